The summed E-state index contributed by atoms with van der Waals surface area (Å²) < 4.78 is 22.8. The van der Waals surface area contributed by atoms with Crippen LogP contribution in [0.15, 0.2) is 46.2 Å². The fourth-order valence-corrected chi connectivity index (χ4v) is 4.04. The summed E-state index contributed by atoms with van der Waals surface area (Å²) in [5.41, 5.74) is 0. The standard InChI is InChI=1S/C15H14O3S3/c1-21(17,18)15-8-6-12(7-9-15)19-11-14-5-4-13(20-14)3-2-10-16/h4-9,16H,10-11H2,1H3. The summed E-state index contributed by atoms with van der Waals surface area (Å²) in [4.78, 5) is 3.49. The highest BCUT2D eigenvalue weighted by Crippen LogP contribution is 2.27. The van der Waals surface area contributed by atoms with E-state index in [1.807, 2.05) is 24.3 Å². The fourth-order valence-electron chi connectivity index (χ4n) is 1.59. The maximum absolute atomic E-state index is 11.4. The number of thiophene rings is 1. The van der Waals surface area contributed by atoms with Crippen molar-refractivity contribution in [3.63, 3.8) is 0 Å². The number of aliphatic hydroxyl groups excluding tert-OH is 1. The van der Waals surface area contributed by atoms with Crippen molar-refractivity contribution in [2.45, 2.75) is 15.5 Å². The van der Waals surface area contributed by atoms with Gasteiger partial charge in [-0.25, -0.2) is 8.42 Å². The van der Waals surface area contributed by atoms with Crippen molar-refractivity contribution < 1.29 is 13.5 Å². The molecule has 0 bridgehead atoms. The van der Waals surface area contributed by atoms with Crippen molar-refractivity contribution in [2.24, 2.45) is 0 Å². The molecule has 110 valence electrons. The van der Waals surface area contributed by atoms with Crippen LogP contribution in [0.3, 0.4) is 0 Å². The molecule has 0 aliphatic heterocycles. The van der Waals surface area contributed by atoms with Crippen molar-refractivity contribution in [3.05, 3.63) is 46.2 Å². The third-order valence-electron chi connectivity index (χ3n) is 2.59. The summed E-state index contributed by atoms with van der Waals surface area (Å²) in [6, 6.07) is 10.9. The highest BCUT2D eigenvalue weighted by molar-refractivity contribution is 7.98. The van der Waals surface area contributed by atoms with Gasteiger partial charge < -0.3 is 5.11 Å². The summed E-state index contributed by atoms with van der Waals surface area (Å²) in [5.74, 6) is 6.31. The van der Waals surface area contributed by atoms with E-state index in [2.05, 4.69) is 11.8 Å². The largest absolute Gasteiger partial charge is 0.384 e. The van der Waals surface area contributed by atoms with Crippen molar-refractivity contribution in [2.75, 3.05) is 12.9 Å². The molecule has 1 N–H and O–H groups in total. The van der Waals surface area contributed by atoms with Crippen LogP contribution in [-0.2, 0) is 15.6 Å². The van der Waals surface area contributed by atoms with Gasteiger partial charge in [-0.2, -0.15) is 0 Å². The molecule has 2 aromatic rings. The molecular weight excluding hydrogens is 324 g/mol. The smallest absolute Gasteiger partial charge is 0.175 e. The van der Waals surface area contributed by atoms with Crippen LogP contribution in [0.5, 0.6) is 0 Å². The highest BCUT2D eigenvalue weighted by atomic mass is 32.2. The Morgan fingerprint density at radius 3 is 2.52 bits per heavy atom. The number of hydrogen-bond donors (Lipinski definition) is 1. The minimum absolute atomic E-state index is 0.130. The molecule has 0 aliphatic rings. The number of rotatable bonds is 4. The summed E-state index contributed by atoms with van der Waals surface area (Å²) in [6.07, 6.45) is 1.20. The van der Waals surface area contributed by atoms with Crippen LogP contribution < -0.4 is 0 Å². The van der Waals surface area contributed by atoms with Gasteiger partial charge in [-0.05, 0) is 36.4 Å². The van der Waals surface area contributed by atoms with E-state index in [4.69, 9.17) is 5.11 Å². The van der Waals surface area contributed by atoms with Crippen LogP contribution >= 0.6 is 23.1 Å². The first-order valence-electron chi connectivity index (χ1n) is 6.10. The molecule has 0 spiro atoms. The van der Waals surface area contributed by atoms with Crippen LogP contribution in [0.2, 0.25) is 0 Å². The minimum atomic E-state index is -3.14. The number of aliphatic hydroxyl groups is 1. The topological polar surface area (TPSA) is 54.4 Å². The lowest BCUT2D eigenvalue weighted by Gasteiger charge is -2.02. The highest BCUT2D eigenvalue weighted by Gasteiger charge is 2.06. The molecule has 1 heterocycles. The molecule has 21 heavy (non-hydrogen) atoms. The average molecular weight is 338 g/mol. The number of thioether (sulfide) groups is 1. The van der Waals surface area contributed by atoms with Gasteiger partial charge in [0.15, 0.2) is 9.84 Å². The van der Waals surface area contributed by atoms with Crippen molar-refractivity contribution in [3.8, 4) is 11.8 Å². The van der Waals surface area contributed by atoms with Gasteiger partial charge in [-0.3, -0.25) is 0 Å². The Balaban J connectivity index is 1.98. The number of hydrogen-bond acceptors (Lipinski definition) is 5. The van der Waals surface area contributed by atoms with E-state index in [1.54, 1.807) is 35.2 Å². The minimum Gasteiger partial charge on any atom is -0.384 e. The van der Waals surface area contributed by atoms with E-state index in [9.17, 15) is 8.42 Å². The Hall–Kier alpha value is -1.26. The van der Waals surface area contributed by atoms with E-state index >= 15 is 0 Å². The lowest BCUT2D eigenvalue weighted by atomic mass is 10.4. The van der Waals surface area contributed by atoms with Crippen LogP contribution in [0, 0.1) is 11.8 Å². The zero-order chi connectivity index (χ0) is 15.3. The zero-order valence-electron chi connectivity index (χ0n) is 11.4. The molecule has 0 aliphatic carbocycles. The Bertz CT molecular complexity index is 762. The molecule has 0 radical (unpaired) electrons. The second-order valence-corrected chi connectivity index (χ2v) is 8.49. The maximum atomic E-state index is 11.4. The van der Waals surface area contributed by atoms with E-state index in [0.29, 0.717) is 4.90 Å². The van der Waals surface area contributed by atoms with Gasteiger partial charge in [-0.1, -0.05) is 11.8 Å². The lowest BCUT2D eigenvalue weighted by molar-refractivity contribution is 0.350. The van der Waals surface area contributed by atoms with Gasteiger partial charge >= 0.3 is 0 Å². The van der Waals surface area contributed by atoms with Crippen molar-refractivity contribution in [1.82, 2.24) is 0 Å². The monoisotopic (exact) mass is 338 g/mol. The molecule has 3 nitrogen and oxygen atoms in total. The van der Waals surface area contributed by atoms with Gasteiger partial charge in [0.25, 0.3) is 0 Å². The van der Waals surface area contributed by atoms with Crippen molar-refractivity contribution in [1.29, 1.82) is 0 Å². The number of benzene rings is 1. The molecule has 6 heteroatoms. The quantitative estimate of drug-likeness (QED) is 0.688. The Kier molecular flexibility index (Phi) is 5.48. The molecule has 1 aromatic heterocycles. The van der Waals surface area contributed by atoms with E-state index < -0.39 is 9.84 Å². The molecule has 1 aromatic carbocycles. The summed E-state index contributed by atoms with van der Waals surface area (Å²) >= 11 is 3.25. The predicted octanol–water partition coefficient (Wildman–Crippen LogP) is 2.79. The Labute approximate surface area is 132 Å². The molecule has 0 fully saturated rings. The molecule has 0 amide bonds. The predicted molar refractivity (Wildman–Crippen MR) is 87.4 cm³/mol. The molecule has 0 unspecified atom stereocenters. The number of sulfone groups is 1. The second kappa shape index (κ2) is 7.14. The Morgan fingerprint density at radius 2 is 1.90 bits per heavy atom. The van der Waals surface area contributed by atoms with Gasteiger partial charge in [0.2, 0.25) is 0 Å². The van der Waals surface area contributed by atoms with E-state index in [1.165, 1.54) is 11.1 Å². The fraction of sp³-hybridized carbons (Fsp3) is 0.200. The molecule has 0 saturated carbocycles. The summed E-state index contributed by atoms with van der Waals surface area (Å²) in [7, 11) is -3.14. The van der Waals surface area contributed by atoms with Crippen LogP contribution in [0.4, 0.5) is 0 Å². The first-order chi connectivity index (χ1) is 9.99. The zero-order valence-corrected chi connectivity index (χ0v) is 13.8. The van der Waals surface area contributed by atoms with Crippen molar-refractivity contribution >= 4 is 32.9 Å². The first kappa shape index (κ1) is 16.1. The third-order valence-corrected chi connectivity index (χ3v) is 5.96. The van der Waals surface area contributed by atoms with Crippen LogP contribution in [0.1, 0.15) is 9.75 Å². The maximum Gasteiger partial charge on any atom is 0.175 e. The second-order valence-electron chi connectivity index (χ2n) is 4.26. The Morgan fingerprint density at radius 1 is 1.19 bits per heavy atom. The average Bonchev–Trinajstić information content (AvgIpc) is 2.90. The molecule has 2 rings (SSSR count). The van der Waals surface area contributed by atoms with Gasteiger partial charge in [0.05, 0.1) is 9.77 Å². The van der Waals surface area contributed by atoms with Gasteiger partial charge in [-0.15, -0.1) is 23.1 Å². The molecular formula is C15H14O3S3. The third kappa shape index (κ3) is 4.90. The first-order valence-corrected chi connectivity index (χ1v) is 9.80. The van der Waals surface area contributed by atoms with Crippen LogP contribution in [-0.4, -0.2) is 26.4 Å². The normalized spacial score (nSPS) is 11.0. The SMILES string of the molecule is CS(=O)(=O)c1ccc(SCc2ccc(C#CCO)s2)cc1. The van der Waals surface area contributed by atoms with Gasteiger partial charge in [0, 0.05) is 21.8 Å². The molecule has 0 atom stereocenters. The summed E-state index contributed by atoms with van der Waals surface area (Å²) in [6.45, 7) is -0.130. The summed E-state index contributed by atoms with van der Waals surface area (Å²) in [5, 5.41) is 8.65. The van der Waals surface area contributed by atoms with Gasteiger partial charge in [0.1, 0.15) is 6.61 Å². The van der Waals surface area contributed by atoms with Crippen LogP contribution in [0.25, 0.3) is 0 Å². The lowest BCUT2D eigenvalue weighted by Crippen LogP contribution is -1.95. The van der Waals surface area contributed by atoms with E-state index in [-0.39, 0.29) is 6.61 Å². The van der Waals surface area contributed by atoms with E-state index in [0.717, 1.165) is 15.5 Å². The molecule has 0 saturated heterocycles.